The van der Waals surface area contributed by atoms with E-state index >= 15 is 0 Å². The number of methoxy groups -OCH3 is 1. The molecular formula is C17H21NO2. The molecule has 106 valence electrons. The van der Waals surface area contributed by atoms with Gasteiger partial charge in [0.2, 0.25) is 0 Å². The second-order valence-corrected chi connectivity index (χ2v) is 4.90. The summed E-state index contributed by atoms with van der Waals surface area (Å²) in [5, 5.41) is 0. The van der Waals surface area contributed by atoms with E-state index in [0.29, 0.717) is 13.2 Å². The van der Waals surface area contributed by atoms with Crippen molar-refractivity contribution in [1.82, 2.24) is 0 Å². The minimum absolute atomic E-state index is 0.529. The van der Waals surface area contributed by atoms with E-state index < -0.39 is 0 Å². The van der Waals surface area contributed by atoms with Gasteiger partial charge in [0, 0.05) is 6.54 Å². The van der Waals surface area contributed by atoms with Gasteiger partial charge >= 0.3 is 0 Å². The van der Waals surface area contributed by atoms with Crippen LogP contribution in [-0.4, -0.2) is 7.11 Å². The first-order chi connectivity index (χ1) is 9.63. The van der Waals surface area contributed by atoms with Gasteiger partial charge in [0.15, 0.2) is 0 Å². The second kappa shape index (κ2) is 6.44. The van der Waals surface area contributed by atoms with Gasteiger partial charge in [0.05, 0.1) is 7.11 Å². The molecule has 0 aliphatic rings. The van der Waals surface area contributed by atoms with E-state index in [-0.39, 0.29) is 0 Å². The van der Waals surface area contributed by atoms with E-state index in [0.717, 1.165) is 33.8 Å². The Hall–Kier alpha value is -2.00. The molecule has 0 aliphatic heterocycles. The highest BCUT2D eigenvalue weighted by molar-refractivity contribution is 5.43. The van der Waals surface area contributed by atoms with Crippen LogP contribution in [0.2, 0.25) is 0 Å². The molecule has 0 spiro atoms. The predicted molar refractivity (Wildman–Crippen MR) is 81.1 cm³/mol. The second-order valence-electron chi connectivity index (χ2n) is 4.90. The van der Waals surface area contributed by atoms with Crippen LogP contribution >= 0.6 is 0 Å². The summed E-state index contributed by atoms with van der Waals surface area (Å²) in [6.07, 6.45) is 0. The maximum absolute atomic E-state index is 5.96. The van der Waals surface area contributed by atoms with Gasteiger partial charge in [-0.1, -0.05) is 24.3 Å². The number of benzene rings is 2. The lowest BCUT2D eigenvalue weighted by atomic mass is 10.1. The van der Waals surface area contributed by atoms with Crippen molar-refractivity contribution in [1.29, 1.82) is 0 Å². The van der Waals surface area contributed by atoms with Crippen molar-refractivity contribution >= 4 is 0 Å². The summed E-state index contributed by atoms with van der Waals surface area (Å²) >= 11 is 0. The fraction of sp³-hybridized carbons (Fsp3) is 0.294. The topological polar surface area (TPSA) is 44.5 Å². The molecule has 3 nitrogen and oxygen atoms in total. The Morgan fingerprint density at radius 3 is 2.30 bits per heavy atom. The molecule has 0 atom stereocenters. The van der Waals surface area contributed by atoms with Crippen molar-refractivity contribution in [2.24, 2.45) is 5.73 Å². The third-order valence-electron chi connectivity index (χ3n) is 3.27. The Balaban J connectivity index is 2.14. The Labute approximate surface area is 120 Å². The summed E-state index contributed by atoms with van der Waals surface area (Å²) in [6.45, 7) is 5.18. The fourth-order valence-corrected chi connectivity index (χ4v) is 2.30. The average Bonchev–Trinajstić information content (AvgIpc) is 2.46. The van der Waals surface area contributed by atoms with Crippen molar-refractivity contribution < 1.29 is 9.47 Å². The zero-order valence-electron chi connectivity index (χ0n) is 12.3. The molecule has 0 aromatic heterocycles. The summed E-state index contributed by atoms with van der Waals surface area (Å²) in [7, 11) is 1.67. The summed E-state index contributed by atoms with van der Waals surface area (Å²) in [5.74, 6) is 1.78. The molecule has 20 heavy (non-hydrogen) atoms. The Morgan fingerprint density at radius 2 is 1.70 bits per heavy atom. The lowest BCUT2D eigenvalue weighted by Gasteiger charge is -2.14. The molecule has 0 amide bonds. The Kier molecular flexibility index (Phi) is 4.64. The zero-order valence-corrected chi connectivity index (χ0v) is 12.3. The molecule has 2 rings (SSSR count). The lowest BCUT2D eigenvalue weighted by Crippen LogP contribution is -2.02. The normalized spacial score (nSPS) is 10.4. The third kappa shape index (κ3) is 3.31. The van der Waals surface area contributed by atoms with Crippen LogP contribution in [0.1, 0.15) is 22.3 Å². The number of nitrogens with two attached hydrogens (primary N) is 1. The van der Waals surface area contributed by atoms with E-state index in [9.17, 15) is 0 Å². The molecule has 2 aromatic carbocycles. The lowest BCUT2D eigenvalue weighted by molar-refractivity contribution is 0.301. The van der Waals surface area contributed by atoms with Gasteiger partial charge < -0.3 is 15.2 Å². The van der Waals surface area contributed by atoms with Crippen LogP contribution in [-0.2, 0) is 13.2 Å². The fourth-order valence-electron chi connectivity index (χ4n) is 2.30. The SMILES string of the molecule is COc1cccc(COc2c(C)cc(CN)cc2C)c1. The highest BCUT2D eigenvalue weighted by Gasteiger charge is 2.06. The monoisotopic (exact) mass is 271 g/mol. The van der Waals surface area contributed by atoms with Gasteiger partial charge in [0.1, 0.15) is 18.1 Å². The molecule has 0 heterocycles. The third-order valence-corrected chi connectivity index (χ3v) is 3.27. The first kappa shape index (κ1) is 14.4. The molecule has 3 heteroatoms. The Bertz CT molecular complexity index is 570. The maximum Gasteiger partial charge on any atom is 0.125 e. The predicted octanol–water partition coefficient (Wildman–Crippen LogP) is 3.35. The van der Waals surface area contributed by atoms with E-state index in [1.807, 2.05) is 38.1 Å². The molecule has 0 saturated heterocycles. The number of rotatable bonds is 5. The van der Waals surface area contributed by atoms with Crippen molar-refractivity contribution in [3.63, 3.8) is 0 Å². The molecule has 2 N–H and O–H groups in total. The average molecular weight is 271 g/mol. The largest absolute Gasteiger partial charge is 0.497 e. The molecule has 0 saturated carbocycles. The number of hydrogen-bond acceptors (Lipinski definition) is 3. The van der Waals surface area contributed by atoms with Crippen molar-refractivity contribution in [2.75, 3.05) is 7.11 Å². The first-order valence-electron chi connectivity index (χ1n) is 6.70. The van der Waals surface area contributed by atoms with Gasteiger partial charge in [-0.2, -0.15) is 0 Å². The van der Waals surface area contributed by atoms with Crippen LogP contribution < -0.4 is 15.2 Å². The highest BCUT2D eigenvalue weighted by atomic mass is 16.5. The van der Waals surface area contributed by atoms with Crippen molar-refractivity contribution in [2.45, 2.75) is 27.0 Å². The van der Waals surface area contributed by atoms with Crippen molar-refractivity contribution in [3.05, 3.63) is 58.7 Å². The van der Waals surface area contributed by atoms with Crippen LogP contribution in [0.3, 0.4) is 0 Å². The highest BCUT2D eigenvalue weighted by Crippen LogP contribution is 2.26. The van der Waals surface area contributed by atoms with Gasteiger partial charge in [-0.25, -0.2) is 0 Å². The minimum atomic E-state index is 0.529. The van der Waals surface area contributed by atoms with Crippen LogP contribution in [0.4, 0.5) is 0 Å². The smallest absolute Gasteiger partial charge is 0.125 e. The molecule has 0 aliphatic carbocycles. The number of ether oxygens (including phenoxy) is 2. The van der Waals surface area contributed by atoms with E-state index in [1.165, 1.54) is 0 Å². The Morgan fingerprint density at radius 1 is 1.00 bits per heavy atom. The molecule has 0 bridgehead atoms. The van der Waals surface area contributed by atoms with E-state index in [2.05, 4.69) is 12.1 Å². The molecule has 0 unspecified atom stereocenters. The standard InChI is InChI=1S/C17H21NO2/c1-12-7-15(10-18)8-13(2)17(12)20-11-14-5-4-6-16(9-14)19-3/h4-9H,10-11,18H2,1-3H3. The summed E-state index contributed by atoms with van der Waals surface area (Å²) in [6, 6.07) is 12.1. The quantitative estimate of drug-likeness (QED) is 0.907. The van der Waals surface area contributed by atoms with Crippen LogP contribution in [0.5, 0.6) is 11.5 Å². The van der Waals surface area contributed by atoms with Gasteiger partial charge in [-0.05, 0) is 48.2 Å². The summed E-state index contributed by atoms with van der Waals surface area (Å²) in [5.41, 5.74) is 10.1. The van der Waals surface area contributed by atoms with Gasteiger partial charge in [0.25, 0.3) is 0 Å². The van der Waals surface area contributed by atoms with Crippen LogP contribution in [0.15, 0.2) is 36.4 Å². The molecule has 0 fully saturated rings. The van der Waals surface area contributed by atoms with Crippen molar-refractivity contribution in [3.8, 4) is 11.5 Å². The molecule has 2 aromatic rings. The number of hydrogen-bond donors (Lipinski definition) is 1. The van der Waals surface area contributed by atoms with E-state index in [4.69, 9.17) is 15.2 Å². The van der Waals surface area contributed by atoms with E-state index in [1.54, 1.807) is 7.11 Å². The maximum atomic E-state index is 5.96. The molecular weight excluding hydrogens is 250 g/mol. The first-order valence-corrected chi connectivity index (χ1v) is 6.70. The van der Waals surface area contributed by atoms with Crippen LogP contribution in [0.25, 0.3) is 0 Å². The summed E-state index contributed by atoms with van der Waals surface area (Å²) < 4.78 is 11.2. The van der Waals surface area contributed by atoms with Gasteiger partial charge in [-0.15, -0.1) is 0 Å². The molecule has 0 radical (unpaired) electrons. The minimum Gasteiger partial charge on any atom is -0.497 e. The zero-order chi connectivity index (χ0) is 14.5. The summed E-state index contributed by atoms with van der Waals surface area (Å²) in [4.78, 5) is 0. The van der Waals surface area contributed by atoms with Gasteiger partial charge in [-0.3, -0.25) is 0 Å². The van der Waals surface area contributed by atoms with Crippen LogP contribution in [0, 0.1) is 13.8 Å². The number of aryl methyl sites for hydroxylation is 2.